The van der Waals surface area contributed by atoms with E-state index in [1.807, 2.05) is 7.05 Å². The number of non-ortho nitro benzene ring substituents is 1. The molecule has 0 radical (unpaired) electrons. The monoisotopic (exact) mass is 265 g/mol. The molecule has 19 heavy (non-hydrogen) atoms. The Labute approximate surface area is 112 Å². The topological polar surface area (TPSA) is 84.3 Å². The minimum atomic E-state index is -0.457. The molecule has 1 aromatic carbocycles. The minimum absolute atomic E-state index is 0.00679. The Morgan fingerprint density at radius 2 is 2.16 bits per heavy atom. The summed E-state index contributed by atoms with van der Waals surface area (Å²) in [5, 5.41) is 16.5. The van der Waals surface area contributed by atoms with E-state index in [-0.39, 0.29) is 11.6 Å². The van der Waals surface area contributed by atoms with Gasteiger partial charge in [0, 0.05) is 18.7 Å². The van der Waals surface area contributed by atoms with Crippen LogP contribution in [-0.4, -0.2) is 31.0 Å². The molecular formula is C13H19N3O3. The van der Waals surface area contributed by atoms with Crippen LogP contribution in [0.4, 0.5) is 5.69 Å². The summed E-state index contributed by atoms with van der Waals surface area (Å²) in [5.74, 6) is -0.508. The molecule has 0 aliphatic rings. The van der Waals surface area contributed by atoms with Gasteiger partial charge in [0.25, 0.3) is 5.69 Å². The molecule has 0 heterocycles. The first-order valence-electron chi connectivity index (χ1n) is 6.23. The maximum atomic E-state index is 11.9. The lowest BCUT2D eigenvalue weighted by atomic mass is 10.00. The van der Waals surface area contributed by atoms with Crippen LogP contribution in [0, 0.1) is 10.1 Å². The highest BCUT2D eigenvalue weighted by Crippen LogP contribution is 2.20. The van der Waals surface area contributed by atoms with Crippen molar-refractivity contribution in [1.29, 1.82) is 0 Å². The third-order valence-corrected chi connectivity index (χ3v) is 2.88. The molecule has 0 spiro atoms. The predicted molar refractivity (Wildman–Crippen MR) is 73.1 cm³/mol. The molecule has 1 atom stereocenters. The van der Waals surface area contributed by atoms with Crippen molar-refractivity contribution in [3.8, 4) is 0 Å². The molecule has 1 aromatic rings. The van der Waals surface area contributed by atoms with Crippen molar-refractivity contribution in [2.45, 2.75) is 19.3 Å². The molecule has 0 saturated heterocycles. The van der Waals surface area contributed by atoms with Crippen LogP contribution in [-0.2, 0) is 4.79 Å². The Kier molecular flexibility index (Phi) is 5.95. The number of benzene rings is 1. The summed E-state index contributed by atoms with van der Waals surface area (Å²) in [4.78, 5) is 22.1. The molecule has 1 amide bonds. The average molecular weight is 265 g/mol. The van der Waals surface area contributed by atoms with Crippen LogP contribution in [0.2, 0.25) is 0 Å². The summed E-state index contributed by atoms with van der Waals surface area (Å²) >= 11 is 0. The van der Waals surface area contributed by atoms with Crippen LogP contribution in [0.1, 0.15) is 24.8 Å². The van der Waals surface area contributed by atoms with E-state index in [1.54, 1.807) is 19.1 Å². The van der Waals surface area contributed by atoms with Crippen molar-refractivity contribution in [2.75, 3.05) is 20.1 Å². The highest BCUT2D eigenvalue weighted by atomic mass is 16.6. The number of hydrogen-bond acceptors (Lipinski definition) is 4. The first-order valence-corrected chi connectivity index (χ1v) is 6.23. The van der Waals surface area contributed by atoms with E-state index in [9.17, 15) is 14.9 Å². The summed E-state index contributed by atoms with van der Waals surface area (Å²) < 4.78 is 0. The number of carbonyl (C=O) groups excluding carboxylic acids is 1. The summed E-state index contributed by atoms with van der Waals surface area (Å²) in [6.45, 7) is 3.18. The molecule has 1 rings (SSSR count). The standard InChI is InChI=1S/C13H19N3O3/c1-10(13(17)15-8-4-7-14-2)11-5-3-6-12(9-11)16(18)19/h3,5-6,9-10,14H,4,7-8H2,1-2H3,(H,15,17). The van der Waals surface area contributed by atoms with Crippen molar-refractivity contribution in [1.82, 2.24) is 10.6 Å². The van der Waals surface area contributed by atoms with Gasteiger partial charge in [0.2, 0.25) is 5.91 Å². The zero-order chi connectivity index (χ0) is 14.3. The van der Waals surface area contributed by atoms with Gasteiger partial charge in [-0.1, -0.05) is 12.1 Å². The van der Waals surface area contributed by atoms with Gasteiger partial charge in [-0.2, -0.15) is 0 Å². The minimum Gasteiger partial charge on any atom is -0.356 e. The SMILES string of the molecule is CNCCCNC(=O)C(C)c1cccc([N+](=O)[O-])c1. The Morgan fingerprint density at radius 3 is 2.79 bits per heavy atom. The molecule has 1 unspecified atom stereocenters. The molecular weight excluding hydrogens is 246 g/mol. The number of carbonyl (C=O) groups is 1. The molecule has 0 aliphatic heterocycles. The van der Waals surface area contributed by atoms with Crippen molar-refractivity contribution in [3.63, 3.8) is 0 Å². The molecule has 0 fully saturated rings. The largest absolute Gasteiger partial charge is 0.356 e. The van der Waals surface area contributed by atoms with Gasteiger partial charge in [-0.3, -0.25) is 14.9 Å². The average Bonchev–Trinajstić information content (AvgIpc) is 2.42. The van der Waals surface area contributed by atoms with Crippen LogP contribution in [0.15, 0.2) is 24.3 Å². The van der Waals surface area contributed by atoms with Crippen molar-refractivity contribution < 1.29 is 9.72 Å². The lowest BCUT2D eigenvalue weighted by Crippen LogP contribution is -2.30. The Balaban J connectivity index is 2.61. The lowest BCUT2D eigenvalue weighted by Gasteiger charge is -2.12. The van der Waals surface area contributed by atoms with Gasteiger partial charge in [-0.15, -0.1) is 0 Å². The number of nitrogens with one attached hydrogen (secondary N) is 2. The molecule has 0 bridgehead atoms. The highest BCUT2D eigenvalue weighted by Gasteiger charge is 2.17. The fourth-order valence-corrected chi connectivity index (χ4v) is 1.69. The Bertz CT molecular complexity index is 449. The second kappa shape index (κ2) is 7.48. The number of nitrogens with zero attached hydrogens (tertiary/aromatic N) is 1. The lowest BCUT2D eigenvalue weighted by molar-refractivity contribution is -0.384. The summed E-state index contributed by atoms with van der Waals surface area (Å²) in [6, 6.07) is 6.18. The van der Waals surface area contributed by atoms with Gasteiger partial charge in [0.05, 0.1) is 10.8 Å². The van der Waals surface area contributed by atoms with Gasteiger partial charge < -0.3 is 10.6 Å². The Morgan fingerprint density at radius 1 is 1.42 bits per heavy atom. The van der Waals surface area contributed by atoms with Gasteiger partial charge in [-0.05, 0) is 32.5 Å². The van der Waals surface area contributed by atoms with Crippen molar-refractivity contribution >= 4 is 11.6 Å². The van der Waals surface area contributed by atoms with E-state index in [4.69, 9.17) is 0 Å². The highest BCUT2D eigenvalue weighted by molar-refractivity contribution is 5.83. The second-order valence-corrected chi connectivity index (χ2v) is 4.32. The smallest absolute Gasteiger partial charge is 0.269 e. The normalized spacial score (nSPS) is 11.9. The molecule has 6 heteroatoms. The van der Waals surface area contributed by atoms with E-state index in [0.29, 0.717) is 12.1 Å². The maximum Gasteiger partial charge on any atom is 0.269 e. The van der Waals surface area contributed by atoms with Gasteiger partial charge in [-0.25, -0.2) is 0 Å². The van der Waals surface area contributed by atoms with Crippen molar-refractivity contribution in [2.24, 2.45) is 0 Å². The first kappa shape index (κ1) is 15.1. The first-order chi connectivity index (χ1) is 9.06. The van der Waals surface area contributed by atoms with E-state index >= 15 is 0 Å². The summed E-state index contributed by atoms with van der Waals surface area (Å²) in [7, 11) is 1.85. The maximum absolute atomic E-state index is 11.9. The number of nitro benzene ring substituents is 1. The fourth-order valence-electron chi connectivity index (χ4n) is 1.69. The molecule has 6 nitrogen and oxygen atoms in total. The van der Waals surface area contributed by atoms with Crippen LogP contribution >= 0.6 is 0 Å². The number of nitro groups is 1. The fraction of sp³-hybridized carbons (Fsp3) is 0.462. The van der Waals surface area contributed by atoms with E-state index < -0.39 is 10.8 Å². The quantitative estimate of drug-likeness (QED) is 0.443. The number of hydrogen-bond donors (Lipinski definition) is 2. The van der Waals surface area contributed by atoms with Crippen LogP contribution < -0.4 is 10.6 Å². The van der Waals surface area contributed by atoms with Crippen molar-refractivity contribution in [3.05, 3.63) is 39.9 Å². The third kappa shape index (κ3) is 4.67. The Hall–Kier alpha value is -1.95. The molecule has 0 saturated carbocycles. The van der Waals surface area contributed by atoms with Gasteiger partial charge >= 0.3 is 0 Å². The van der Waals surface area contributed by atoms with E-state index in [1.165, 1.54) is 12.1 Å². The molecule has 104 valence electrons. The molecule has 0 aromatic heterocycles. The molecule has 0 aliphatic carbocycles. The number of amides is 1. The zero-order valence-corrected chi connectivity index (χ0v) is 11.2. The third-order valence-electron chi connectivity index (χ3n) is 2.88. The molecule has 2 N–H and O–H groups in total. The summed E-state index contributed by atoms with van der Waals surface area (Å²) in [5.41, 5.74) is 0.660. The van der Waals surface area contributed by atoms with Crippen LogP contribution in [0.25, 0.3) is 0 Å². The summed E-state index contributed by atoms with van der Waals surface area (Å²) in [6.07, 6.45) is 0.851. The van der Waals surface area contributed by atoms with Gasteiger partial charge in [0.1, 0.15) is 0 Å². The second-order valence-electron chi connectivity index (χ2n) is 4.32. The predicted octanol–water partition coefficient (Wildman–Crippen LogP) is 1.42. The zero-order valence-electron chi connectivity index (χ0n) is 11.2. The van der Waals surface area contributed by atoms with E-state index in [2.05, 4.69) is 10.6 Å². The number of rotatable bonds is 7. The van der Waals surface area contributed by atoms with E-state index in [0.717, 1.165) is 13.0 Å². The van der Waals surface area contributed by atoms with Gasteiger partial charge in [0.15, 0.2) is 0 Å². The van der Waals surface area contributed by atoms with Crippen LogP contribution in [0.5, 0.6) is 0 Å². The van der Waals surface area contributed by atoms with Crippen LogP contribution in [0.3, 0.4) is 0 Å².